The van der Waals surface area contributed by atoms with Gasteiger partial charge < -0.3 is 0 Å². The third kappa shape index (κ3) is 3.03. The second kappa shape index (κ2) is 7.12. The Balaban J connectivity index is 2.45. The van der Waals surface area contributed by atoms with Gasteiger partial charge in [-0.25, -0.2) is 0 Å². The standard InChI is InChI=1S/C18H18ClN/c19-14-8-7-13-18(15-20,16-9-3-1-4-10-16)17-11-5-2-6-12-17/h1-6,9-12H,7-8,13-14H2. The number of hydrogen-bond acceptors (Lipinski definition) is 1. The van der Waals surface area contributed by atoms with E-state index in [2.05, 4.69) is 6.07 Å². The molecule has 0 amide bonds. The Morgan fingerprint density at radius 1 is 0.850 bits per heavy atom. The first-order valence-corrected chi connectivity index (χ1v) is 7.45. The largest absolute Gasteiger partial charge is 0.197 e. The van der Waals surface area contributed by atoms with Crippen molar-refractivity contribution in [2.75, 3.05) is 5.88 Å². The predicted octanol–water partition coefficient (Wildman–Crippen LogP) is 4.91. The van der Waals surface area contributed by atoms with Crippen molar-refractivity contribution < 1.29 is 0 Å². The average Bonchev–Trinajstić information content (AvgIpc) is 2.54. The Morgan fingerprint density at radius 3 is 1.75 bits per heavy atom. The molecular formula is C18H18ClN. The summed E-state index contributed by atoms with van der Waals surface area (Å²) in [6, 6.07) is 22.6. The number of hydrogen-bond donors (Lipinski definition) is 0. The van der Waals surface area contributed by atoms with Gasteiger partial charge in [0.15, 0.2) is 0 Å². The molecule has 0 radical (unpaired) electrons. The van der Waals surface area contributed by atoms with Crippen molar-refractivity contribution in [3.8, 4) is 6.07 Å². The number of benzene rings is 2. The molecule has 0 aliphatic rings. The van der Waals surface area contributed by atoms with Crippen LogP contribution in [0, 0.1) is 11.3 Å². The molecule has 0 saturated carbocycles. The van der Waals surface area contributed by atoms with E-state index in [1.807, 2.05) is 60.7 Å². The molecule has 0 bridgehead atoms. The Hall–Kier alpha value is -1.78. The summed E-state index contributed by atoms with van der Waals surface area (Å²) in [5.74, 6) is 0.644. The van der Waals surface area contributed by atoms with Crippen LogP contribution >= 0.6 is 11.6 Å². The number of nitriles is 1. The summed E-state index contributed by atoms with van der Waals surface area (Å²) >= 11 is 5.78. The first-order chi connectivity index (χ1) is 9.83. The smallest absolute Gasteiger partial charge is 0.107 e. The lowest BCUT2D eigenvalue weighted by atomic mass is 9.72. The van der Waals surface area contributed by atoms with Crippen molar-refractivity contribution >= 4 is 11.6 Å². The van der Waals surface area contributed by atoms with Crippen molar-refractivity contribution in [2.24, 2.45) is 0 Å². The second-order valence-electron chi connectivity index (χ2n) is 4.90. The zero-order valence-electron chi connectivity index (χ0n) is 11.4. The van der Waals surface area contributed by atoms with Crippen LogP contribution in [0.1, 0.15) is 30.4 Å². The SMILES string of the molecule is N#CC(CCCCCl)(c1ccccc1)c1ccccc1. The fraction of sp³-hybridized carbons (Fsp3) is 0.278. The van der Waals surface area contributed by atoms with Gasteiger partial charge in [-0.2, -0.15) is 5.26 Å². The number of nitrogens with zero attached hydrogens (tertiary/aromatic N) is 1. The molecular weight excluding hydrogens is 266 g/mol. The van der Waals surface area contributed by atoms with Crippen LogP contribution in [0.15, 0.2) is 60.7 Å². The Bertz CT molecular complexity index is 517. The van der Waals surface area contributed by atoms with Crippen molar-refractivity contribution in [3.05, 3.63) is 71.8 Å². The third-order valence-electron chi connectivity index (χ3n) is 3.66. The monoisotopic (exact) mass is 283 g/mol. The highest BCUT2D eigenvalue weighted by atomic mass is 35.5. The van der Waals surface area contributed by atoms with Crippen molar-refractivity contribution in [1.82, 2.24) is 0 Å². The van der Waals surface area contributed by atoms with Crippen LogP contribution in [-0.2, 0) is 5.41 Å². The molecule has 0 heterocycles. The second-order valence-corrected chi connectivity index (χ2v) is 5.27. The average molecular weight is 284 g/mol. The normalized spacial score (nSPS) is 11.0. The summed E-state index contributed by atoms with van der Waals surface area (Å²) in [6.45, 7) is 0. The quantitative estimate of drug-likeness (QED) is 0.546. The molecule has 2 aromatic carbocycles. The van der Waals surface area contributed by atoms with Gasteiger partial charge in [0, 0.05) is 5.88 Å². The molecule has 0 aliphatic carbocycles. The molecule has 2 rings (SSSR count). The third-order valence-corrected chi connectivity index (χ3v) is 3.93. The van der Waals surface area contributed by atoms with E-state index in [-0.39, 0.29) is 0 Å². The Kier molecular flexibility index (Phi) is 5.21. The summed E-state index contributed by atoms with van der Waals surface area (Å²) < 4.78 is 0. The first-order valence-electron chi connectivity index (χ1n) is 6.92. The lowest BCUT2D eigenvalue weighted by Gasteiger charge is -2.28. The van der Waals surface area contributed by atoms with Crippen LogP contribution < -0.4 is 0 Å². The van der Waals surface area contributed by atoms with Crippen LogP contribution in [0.5, 0.6) is 0 Å². The predicted molar refractivity (Wildman–Crippen MR) is 83.8 cm³/mol. The number of alkyl halides is 1. The number of unbranched alkanes of at least 4 members (excludes halogenated alkanes) is 1. The van der Waals surface area contributed by atoms with Crippen molar-refractivity contribution in [2.45, 2.75) is 24.7 Å². The van der Waals surface area contributed by atoms with Gasteiger partial charge in [-0.3, -0.25) is 0 Å². The van der Waals surface area contributed by atoms with Gasteiger partial charge in [0.2, 0.25) is 0 Å². The van der Waals surface area contributed by atoms with E-state index >= 15 is 0 Å². The summed E-state index contributed by atoms with van der Waals surface area (Å²) in [4.78, 5) is 0. The van der Waals surface area contributed by atoms with Gasteiger partial charge in [-0.15, -0.1) is 11.6 Å². The zero-order chi connectivity index (χ0) is 14.3. The van der Waals surface area contributed by atoms with Crippen LogP contribution in [0.2, 0.25) is 0 Å². The van der Waals surface area contributed by atoms with E-state index in [1.165, 1.54) is 0 Å². The molecule has 0 spiro atoms. The highest BCUT2D eigenvalue weighted by Crippen LogP contribution is 2.36. The lowest BCUT2D eigenvalue weighted by Crippen LogP contribution is -2.25. The first kappa shape index (κ1) is 14.6. The van der Waals surface area contributed by atoms with Gasteiger partial charge >= 0.3 is 0 Å². The summed E-state index contributed by atoms with van der Waals surface area (Å²) in [5.41, 5.74) is 1.54. The van der Waals surface area contributed by atoms with E-state index in [0.717, 1.165) is 30.4 Å². The van der Waals surface area contributed by atoms with E-state index < -0.39 is 5.41 Å². The molecule has 0 atom stereocenters. The Labute approximate surface area is 125 Å². The minimum absolute atomic E-state index is 0.575. The molecule has 0 fully saturated rings. The fourth-order valence-corrected chi connectivity index (χ4v) is 2.76. The maximum absolute atomic E-state index is 9.90. The topological polar surface area (TPSA) is 23.8 Å². The van der Waals surface area contributed by atoms with Crippen LogP contribution in [-0.4, -0.2) is 5.88 Å². The van der Waals surface area contributed by atoms with Gasteiger partial charge in [0.1, 0.15) is 5.41 Å². The molecule has 0 aliphatic heterocycles. The van der Waals surface area contributed by atoms with E-state index in [4.69, 9.17) is 11.6 Å². The number of rotatable bonds is 6. The van der Waals surface area contributed by atoms with Crippen LogP contribution in [0.25, 0.3) is 0 Å². The minimum atomic E-state index is -0.575. The molecule has 1 nitrogen and oxygen atoms in total. The summed E-state index contributed by atoms with van der Waals surface area (Å²) in [5, 5.41) is 9.90. The van der Waals surface area contributed by atoms with Crippen molar-refractivity contribution in [3.63, 3.8) is 0 Å². The minimum Gasteiger partial charge on any atom is -0.197 e. The maximum atomic E-state index is 9.90. The molecule has 0 unspecified atom stereocenters. The van der Waals surface area contributed by atoms with Gasteiger partial charge in [0.05, 0.1) is 6.07 Å². The highest BCUT2D eigenvalue weighted by Gasteiger charge is 2.33. The fourth-order valence-electron chi connectivity index (χ4n) is 2.57. The zero-order valence-corrected chi connectivity index (χ0v) is 12.2. The molecule has 20 heavy (non-hydrogen) atoms. The Morgan fingerprint density at radius 2 is 1.35 bits per heavy atom. The van der Waals surface area contributed by atoms with Gasteiger partial charge in [-0.05, 0) is 30.4 Å². The van der Waals surface area contributed by atoms with Crippen molar-refractivity contribution in [1.29, 1.82) is 5.26 Å². The van der Waals surface area contributed by atoms with Gasteiger partial charge in [0.25, 0.3) is 0 Å². The number of halogens is 1. The summed E-state index contributed by atoms with van der Waals surface area (Å²) in [6.07, 6.45) is 2.68. The van der Waals surface area contributed by atoms with E-state index in [1.54, 1.807) is 0 Å². The van der Waals surface area contributed by atoms with Gasteiger partial charge in [-0.1, -0.05) is 60.7 Å². The van der Waals surface area contributed by atoms with Crippen LogP contribution in [0.3, 0.4) is 0 Å². The molecule has 0 saturated heterocycles. The summed E-state index contributed by atoms with van der Waals surface area (Å²) in [7, 11) is 0. The molecule has 0 aromatic heterocycles. The molecule has 0 N–H and O–H groups in total. The van der Waals surface area contributed by atoms with E-state index in [0.29, 0.717) is 5.88 Å². The lowest BCUT2D eigenvalue weighted by molar-refractivity contribution is 0.556. The van der Waals surface area contributed by atoms with E-state index in [9.17, 15) is 5.26 Å². The molecule has 2 heteroatoms. The molecule has 2 aromatic rings. The maximum Gasteiger partial charge on any atom is 0.107 e. The molecule has 102 valence electrons. The highest BCUT2D eigenvalue weighted by molar-refractivity contribution is 6.17. The van der Waals surface area contributed by atoms with Crippen LogP contribution in [0.4, 0.5) is 0 Å².